The van der Waals surface area contributed by atoms with Crippen LogP contribution in [0, 0.1) is 17.8 Å². The zero-order valence-electron chi connectivity index (χ0n) is 23.2. The standard InChI is InChI=1S/C36H36N2O2/c1-2-16-35(40-27-30-11-7-20-38-25-30)17-18-36(22-28-8-4-3-5-9-28)32(23-35)13-12-31-21-33(14-15-34(31)36)39-26-29-10-6-19-37-24-29/h3-11,14-15,19-21,24-25,32H,12-13,17-18,22-23,26-27H2,1H3. The van der Waals surface area contributed by atoms with E-state index >= 15 is 0 Å². The van der Waals surface area contributed by atoms with Gasteiger partial charge in [0.05, 0.1) is 6.61 Å². The van der Waals surface area contributed by atoms with E-state index in [0.717, 1.165) is 55.4 Å². The van der Waals surface area contributed by atoms with Gasteiger partial charge in [0, 0.05) is 35.8 Å². The van der Waals surface area contributed by atoms with Gasteiger partial charge >= 0.3 is 0 Å². The summed E-state index contributed by atoms with van der Waals surface area (Å²) >= 11 is 0. The highest BCUT2D eigenvalue weighted by Gasteiger charge is 2.52. The van der Waals surface area contributed by atoms with Gasteiger partial charge in [0.1, 0.15) is 18.0 Å². The molecule has 3 unspecified atom stereocenters. The molecule has 40 heavy (non-hydrogen) atoms. The molecule has 0 amide bonds. The molecule has 4 heteroatoms. The van der Waals surface area contributed by atoms with Crippen LogP contribution in [0.4, 0.5) is 0 Å². The Labute approximate surface area is 237 Å². The van der Waals surface area contributed by atoms with E-state index in [1.54, 1.807) is 12.4 Å². The number of fused-ring (bicyclic) bond motifs is 3. The normalized spacial score (nSPS) is 23.3. The van der Waals surface area contributed by atoms with Crippen molar-refractivity contribution >= 4 is 0 Å². The molecule has 6 rings (SSSR count). The summed E-state index contributed by atoms with van der Waals surface area (Å²) in [6.07, 6.45) is 13.4. The van der Waals surface area contributed by atoms with Gasteiger partial charge in [0.15, 0.2) is 0 Å². The first-order valence-electron chi connectivity index (χ1n) is 14.3. The minimum Gasteiger partial charge on any atom is -0.489 e. The van der Waals surface area contributed by atoms with Gasteiger partial charge in [-0.1, -0.05) is 54.5 Å². The smallest absolute Gasteiger partial charge is 0.129 e. The fourth-order valence-electron chi connectivity index (χ4n) is 6.89. The summed E-state index contributed by atoms with van der Waals surface area (Å²) in [6, 6.07) is 25.8. The van der Waals surface area contributed by atoms with Crippen molar-refractivity contribution in [3.8, 4) is 17.6 Å². The number of rotatable bonds is 8. The predicted octanol–water partition coefficient (Wildman–Crippen LogP) is 7.26. The summed E-state index contributed by atoms with van der Waals surface area (Å²) in [7, 11) is 0. The molecule has 0 aliphatic heterocycles. The zero-order valence-corrected chi connectivity index (χ0v) is 23.2. The van der Waals surface area contributed by atoms with Gasteiger partial charge in [-0.25, -0.2) is 0 Å². The van der Waals surface area contributed by atoms with Crippen LogP contribution in [0.5, 0.6) is 5.75 Å². The molecule has 2 aliphatic carbocycles. The molecular weight excluding hydrogens is 492 g/mol. The molecule has 4 aromatic rings. The van der Waals surface area contributed by atoms with Crippen LogP contribution in [0.2, 0.25) is 0 Å². The van der Waals surface area contributed by atoms with Gasteiger partial charge in [0.2, 0.25) is 0 Å². The quantitative estimate of drug-likeness (QED) is 0.226. The lowest BCUT2D eigenvalue weighted by molar-refractivity contribution is -0.0740. The Kier molecular flexibility index (Phi) is 7.66. The Morgan fingerprint density at radius 1 is 0.850 bits per heavy atom. The molecule has 2 aliphatic rings. The molecule has 202 valence electrons. The lowest BCUT2D eigenvalue weighted by Crippen LogP contribution is -2.51. The lowest BCUT2D eigenvalue weighted by atomic mass is 9.52. The Morgan fingerprint density at radius 3 is 2.33 bits per heavy atom. The molecule has 1 fully saturated rings. The molecule has 0 radical (unpaired) electrons. The van der Waals surface area contributed by atoms with Gasteiger partial charge in [-0.3, -0.25) is 9.97 Å². The number of aryl methyl sites for hydroxylation is 1. The van der Waals surface area contributed by atoms with Crippen LogP contribution < -0.4 is 4.74 Å². The second-order valence-electron chi connectivity index (χ2n) is 11.2. The maximum absolute atomic E-state index is 6.68. The van der Waals surface area contributed by atoms with Crippen molar-refractivity contribution in [1.82, 2.24) is 9.97 Å². The number of benzene rings is 2. The van der Waals surface area contributed by atoms with E-state index in [4.69, 9.17) is 9.47 Å². The fraction of sp³-hybridized carbons (Fsp3) is 0.333. The Balaban J connectivity index is 1.29. The van der Waals surface area contributed by atoms with Crippen molar-refractivity contribution in [2.45, 2.75) is 69.7 Å². The third kappa shape index (κ3) is 5.53. The van der Waals surface area contributed by atoms with Gasteiger partial charge in [0.25, 0.3) is 0 Å². The molecule has 1 saturated carbocycles. The van der Waals surface area contributed by atoms with Crippen LogP contribution in [0.3, 0.4) is 0 Å². The first kappa shape index (κ1) is 26.3. The van der Waals surface area contributed by atoms with E-state index in [1.807, 2.05) is 31.5 Å². The van der Waals surface area contributed by atoms with Crippen molar-refractivity contribution in [3.63, 3.8) is 0 Å². The topological polar surface area (TPSA) is 44.2 Å². The molecule has 2 aromatic carbocycles. The van der Waals surface area contributed by atoms with Crippen molar-refractivity contribution < 1.29 is 9.47 Å². The van der Waals surface area contributed by atoms with Crippen molar-refractivity contribution in [2.75, 3.05) is 0 Å². The van der Waals surface area contributed by atoms with E-state index < -0.39 is 5.60 Å². The number of hydrogen-bond acceptors (Lipinski definition) is 4. The Hall–Kier alpha value is -3.94. The molecule has 0 bridgehead atoms. The number of nitrogens with zero attached hydrogens (tertiary/aromatic N) is 2. The molecule has 0 spiro atoms. The van der Waals surface area contributed by atoms with Crippen molar-refractivity contribution in [3.05, 3.63) is 125 Å². The molecule has 3 atom stereocenters. The van der Waals surface area contributed by atoms with Crippen LogP contribution >= 0.6 is 0 Å². The highest BCUT2D eigenvalue weighted by Crippen LogP contribution is 2.55. The van der Waals surface area contributed by atoms with Crippen molar-refractivity contribution in [1.29, 1.82) is 0 Å². The number of hydrogen-bond donors (Lipinski definition) is 0. The third-order valence-corrected chi connectivity index (χ3v) is 8.79. The second-order valence-corrected chi connectivity index (χ2v) is 11.2. The van der Waals surface area contributed by atoms with E-state index in [0.29, 0.717) is 19.1 Å². The molecule has 4 nitrogen and oxygen atoms in total. The maximum Gasteiger partial charge on any atom is 0.129 e. The number of ether oxygens (including phenoxy) is 2. The summed E-state index contributed by atoms with van der Waals surface area (Å²) in [5.41, 5.74) is 6.07. The highest BCUT2D eigenvalue weighted by atomic mass is 16.5. The number of aromatic nitrogens is 2. The van der Waals surface area contributed by atoms with Crippen LogP contribution in [0.1, 0.15) is 60.4 Å². The van der Waals surface area contributed by atoms with Gasteiger partial charge in [-0.2, -0.15) is 0 Å². The van der Waals surface area contributed by atoms with E-state index in [-0.39, 0.29) is 5.41 Å². The highest BCUT2D eigenvalue weighted by molar-refractivity contribution is 5.45. The third-order valence-electron chi connectivity index (χ3n) is 8.79. The molecule has 2 heterocycles. The fourth-order valence-corrected chi connectivity index (χ4v) is 6.89. The predicted molar refractivity (Wildman–Crippen MR) is 158 cm³/mol. The van der Waals surface area contributed by atoms with E-state index in [9.17, 15) is 0 Å². The Bertz CT molecular complexity index is 1480. The summed E-state index contributed by atoms with van der Waals surface area (Å²) in [4.78, 5) is 8.49. The SMILES string of the molecule is CC#CC1(OCc2cccnc2)CCC2(Cc3ccccc3)c3ccc(OCc4cccnc4)cc3CCC2C1. The second kappa shape index (κ2) is 11.7. The van der Waals surface area contributed by atoms with Gasteiger partial charge in [-0.15, -0.1) is 5.92 Å². The molecular formula is C36H36N2O2. The zero-order chi connectivity index (χ0) is 27.3. The van der Waals surface area contributed by atoms with Crippen LogP contribution in [0.25, 0.3) is 0 Å². The summed E-state index contributed by atoms with van der Waals surface area (Å²) in [5, 5.41) is 0. The van der Waals surface area contributed by atoms with Crippen LogP contribution in [0.15, 0.2) is 97.6 Å². The Morgan fingerprint density at radius 2 is 1.60 bits per heavy atom. The maximum atomic E-state index is 6.68. The summed E-state index contributed by atoms with van der Waals surface area (Å²) < 4.78 is 12.9. The largest absolute Gasteiger partial charge is 0.489 e. The first-order valence-corrected chi connectivity index (χ1v) is 14.3. The van der Waals surface area contributed by atoms with E-state index in [1.165, 1.54) is 16.7 Å². The minimum atomic E-state index is -0.431. The molecule has 2 aromatic heterocycles. The number of pyridine rings is 2. The molecule has 0 N–H and O–H groups in total. The van der Waals surface area contributed by atoms with E-state index in [2.05, 4.69) is 82.5 Å². The van der Waals surface area contributed by atoms with Crippen molar-refractivity contribution in [2.24, 2.45) is 5.92 Å². The summed E-state index contributed by atoms with van der Waals surface area (Å²) in [6.45, 7) is 3.00. The summed E-state index contributed by atoms with van der Waals surface area (Å²) in [5.74, 6) is 8.15. The minimum absolute atomic E-state index is 0.0490. The molecule has 0 saturated heterocycles. The lowest BCUT2D eigenvalue weighted by Gasteiger charge is -2.53. The van der Waals surface area contributed by atoms with Crippen LogP contribution in [-0.4, -0.2) is 15.6 Å². The van der Waals surface area contributed by atoms with Crippen LogP contribution in [-0.2, 0) is 36.2 Å². The van der Waals surface area contributed by atoms with Gasteiger partial charge < -0.3 is 9.47 Å². The average molecular weight is 529 g/mol. The monoisotopic (exact) mass is 528 g/mol. The average Bonchev–Trinajstić information content (AvgIpc) is 3.01. The van der Waals surface area contributed by atoms with Gasteiger partial charge in [-0.05, 0) is 97.9 Å². The first-order chi connectivity index (χ1) is 19.7.